The number of thiophene rings is 1. The van der Waals surface area contributed by atoms with Gasteiger partial charge in [-0.25, -0.2) is 0 Å². The number of aryl methyl sites for hydroxylation is 1. The zero-order valence-electron chi connectivity index (χ0n) is 11.3. The molecule has 102 valence electrons. The summed E-state index contributed by atoms with van der Waals surface area (Å²) in [7, 11) is 1.98. The lowest BCUT2D eigenvalue weighted by molar-refractivity contribution is -0.0447. The van der Waals surface area contributed by atoms with E-state index < -0.39 is 0 Å². The van der Waals surface area contributed by atoms with Crippen molar-refractivity contribution < 1.29 is 9.47 Å². The summed E-state index contributed by atoms with van der Waals surface area (Å²) in [6.45, 7) is 5.46. The van der Waals surface area contributed by atoms with Crippen LogP contribution in [0.3, 0.4) is 0 Å². The standard InChI is InChI=1S/C14H23NO2S/c1-11-12(7-14(18-11)8-15-2)9-16-10-13-5-3-4-6-17-13/h7,13,15H,3-6,8-10H2,1-2H3. The van der Waals surface area contributed by atoms with Gasteiger partial charge in [-0.3, -0.25) is 0 Å². The average molecular weight is 269 g/mol. The van der Waals surface area contributed by atoms with Crippen molar-refractivity contribution in [3.63, 3.8) is 0 Å². The van der Waals surface area contributed by atoms with E-state index in [1.807, 2.05) is 18.4 Å². The van der Waals surface area contributed by atoms with Gasteiger partial charge >= 0.3 is 0 Å². The van der Waals surface area contributed by atoms with Crippen LogP contribution in [0.25, 0.3) is 0 Å². The van der Waals surface area contributed by atoms with E-state index in [4.69, 9.17) is 9.47 Å². The van der Waals surface area contributed by atoms with E-state index in [1.54, 1.807) is 0 Å². The minimum absolute atomic E-state index is 0.314. The summed E-state index contributed by atoms with van der Waals surface area (Å²) in [6, 6.07) is 2.25. The van der Waals surface area contributed by atoms with Gasteiger partial charge in [0.15, 0.2) is 0 Å². The summed E-state index contributed by atoms with van der Waals surface area (Å²) in [4.78, 5) is 2.74. The maximum atomic E-state index is 5.79. The van der Waals surface area contributed by atoms with Crippen LogP contribution < -0.4 is 5.32 Å². The Labute approximate surface area is 113 Å². The lowest BCUT2D eigenvalue weighted by Crippen LogP contribution is -2.24. The Bertz CT molecular complexity index is 359. The highest BCUT2D eigenvalue weighted by atomic mass is 32.1. The van der Waals surface area contributed by atoms with E-state index in [0.717, 1.165) is 26.2 Å². The number of hydrogen-bond donors (Lipinski definition) is 1. The molecule has 1 saturated heterocycles. The van der Waals surface area contributed by atoms with Gasteiger partial charge in [0.2, 0.25) is 0 Å². The Hall–Kier alpha value is -0.420. The third-order valence-electron chi connectivity index (χ3n) is 3.26. The molecule has 1 atom stereocenters. The van der Waals surface area contributed by atoms with Gasteiger partial charge in [0.25, 0.3) is 0 Å². The summed E-state index contributed by atoms with van der Waals surface area (Å²) < 4.78 is 11.5. The van der Waals surface area contributed by atoms with Crippen molar-refractivity contribution in [3.8, 4) is 0 Å². The number of rotatable bonds is 6. The van der Waals surface area contributed by atoms with E-state index in [9.17, 15) is 0 Å². The summed E-state index contributed by atoms with van der Waals surface area (Å²) in [5.74, 6) is 0. The minimum atomic E-state index is 0.314. The van der Waals surface area contributed by atoms with Crippen LogP contribution in [0.5, 0.6) is 0 Å². The highest BCUT2D eigenvalue weighted by Crippen LogP contribution is 2.22. The quantitative estimate of drug-likeness (QED) is 0.861. The van der Waals surface area contributed by atoms with E-state index in [2.05, 4.69) is 18.3 Å². The van der Waals surface area contributed by atoms with Gasteiger partial charge in [0, 0.05) is 22.9 Å². The Kier molecular flexibility index (Phi) is 5.63. The Morgan fingerprint density at radius 2 is 2.39 bits per heavy atom. The van der Waals surface area contributed by atoms with E-state index in [1.165, 1.54) is 28.2 Å². The minimum Gasteiger partial charge on any atom is -0.376 e. The lowest BCUT2D eigenvalue weighted by atomic mass is 10.1. The van der Waals surface area contributed by atoms with Crippen LogP contribution in [0.4, 0.5) is 0 Å². The van der Waals surface area contributed by atoms with E-state index in [0.29, 0.717) is 12.7 Å². The highest BCUT2D eigenvalue weighted by Gasteiger charge is 2.14. The van der Waals surface area contributed by atoms with Gasteiger partial charge in [-0.2, -0.15) is 0 Å². The zero-order valence-corrected chi connectivity index (χ0v) is 12.1. The average Bonchev–Trinajstić information content (AvgIpc) is 2.72. The first kappa shape index (κ1) is 14.0. The second-order valence-corrected chi connectivity index (χ2v) is 6.17. The van der Waals surface area contributed by atoms with E-state index >= 15 is 0 Å². The van der Waals surface area contributed by atoms with Crippen LogP contribution in [-0.2, 0) is 22.6 Å². The SMILES string of the molecule is CNCc1cc(COCC2CCCCO2)c(C)s1. The fourth-order valence-electron chi connectivity index (χ4n) is 2.23. The van der Waals surface area contributed by atoms with Crippen molar-refractivity contribution in [2.24, 2.45) is 0 Å². The van der Waals surface area contributed by atoms with Crippen molar-refractivity contribution in [2.45, 2.75) is 45.4 Å². The normalized spacial score (nSPS) is 20.2. The number of nitrogens with one attached hydrogen (secondary N) is 1. The third kappa shape index (κ3) is 4.05. The van der Waals surface area contributed by atoms with Crippen molar-refractivity contribution in [1.82, 2.24) is 5.32 Å². The maximum Gasteiger partial charge on any atom is 0.0808 e. The summed E-state index contributed by atoms with van der Waals surface area (Å²) in [5, 5.41) is 3.18. The van der Waals surface area contributed by atoms with Gasteiger partial charge in [-0.05, 0) is 44.9 Å². The van der Waals surface area contributed by atoms with Crippen LogP contribution >= 0.6 is 11.3 Å². The molecule has 3 nitrogen and oxygen atoms in total. The Balaban J connectivity index is 1.75. The van der Waals surface area contributed by atoms with Crippen LogP contribution in [-0.4, -0.2) is 26.4 Å². The summed E-state index contributed by atoms with van der Waals surface area (Å²) in [6.07, 6.45) is 3.94. The Morgan fingerprint density at radius 3 is 3.11 bits per heavy atom. The van der Waals surface area contributed by atoms with Crippen molar-refractivity contribution >= 4 is 11.3 Å². The molecule has 0 aliphatic carbocycles. The molecule has 2 heterocycles. The van der Waals surface area contributed by atoms with Crippen molar-refractivity contribution in [3.05, 3.63) is 21.4 Å². The van der Waals surface area contributed by atoms with Crippen LogP contribution in [0.1, 0.15) is 34.6 Å². The van der Waals surface area contributed by atoms with Crippen molar-refractivity contribution in [1.29, 1.82) is 0 Å². The maximum absolute atomic E-state index is 5.79. The molecule has 1 N–H and O–H groups in total. The summed E-state index contributed by atoms with van der Waals surface area (Å²) >= 11 is 1.85. The van der Waals surface area contributed by atoms with Gasteiger partial charge in [0.1, 0.15) is 0 Å². The molecule has 1 aromatic rings. The number of hydrogen-bond acceptors (Lipinski definition) is 4. The molecule has 1 fully saturated rings. The molecule has 4 heteroatoms. The highest BCUT2D eigenvalue weighted by molar-refractivity contribution is 7.12. The summed E-state index contributed by atoms with van der Waals surface area (Å²) in [5.41, 5.74) is 1.32. The van der Waals surface area contributed by atoms with Gasteiger partial charge in [-0.1, -0.05) is 0 Å². The van der Waals surface area contributed by atoms with Crippen LogP contribution in [0, 0.1) is 6.92 Å². The number of ether oxygens (including phenoxy) is 2. The zero-order chi connectivity index (χ0) is 12.8. The molecule has 18 heavy (non-hydrogen) atoms. The largest absolute Gasteiger partial charge is 0.376 e. The predicted octanol–water partition coefficient (Wildman–Crippen LogP) is 2.86. The lowest BCUT2D eigenvalue weighted by Gasteiger charge is -2.22. The predicted molar refractivity (Wildman–Crippen MR) is 75.1 cm³/mol. The molecular weight excluding hydrogens is 246 g/mol. The molecule has 0 bridgehead atoms. The van der Waals surface area contributed by atoms with Crippen LogP contribution in [0.15, 0.2) is 6.07 Å². The molecule has 1 aliphatic heterocycles. The molecule has 1 aliphatic rings. The molecule has 0 amide bonds. The molecule has 1 unspecified atom stereocenters. The van der Waals surface area contributed by atoms with Crippen molar-refractivity contribution in [2.75, 3.05) is 20.3 Å². The first-order valence-electron chi connectivity index (χ1n) is 6.71. The Morgan fingerprint density at radius 1 is 1.50 bits per heavy atom. The first-order valence-corrected chi connectivity index (χ1v) is 7.53. The smallest absolute Gasteiger partial charge is 0.0808 e. The monoisotopic (exact) mass is 269 g/mol. The fourth-order valence-corrected chi connectivity index (χ4v) is 3.29. The fraction of sp³-hybridized carbons (Fsp3) is 0.714. The van der Waals surface area contributed by atoms with E-state index in [-0.39, 0.29) is 0 Å². The molecule has 0 spiro atoms. The third-order valence-corrected chi connectivity index (χ3v) is 4.35. The molecule has 0 radical (unpaired) electrons. The molecule has 2 rings (SSSR count). The molecule has 0 saturated carbocycles. The molecule has 1 aromatic heterocycles. The second kappa shape index (κ2) is 7.24. The van der Waals surface area contributed by atoms with Gasteiger partial charge < -0.3 is 14.8 Å². The second-order valence-electron chi connectivity index (χ2n) is 4.83. The first-order chi connectivity index (χ1) is 8.79. The van der Waals surface area contributed by atoms with Gasteiger partial charge in [-0.15, -0.1) is 11.3 Å². The van der Waals surface area contributed by atoms with Crippen LogP contribution in [0.2, 0.25) is 0 Å². The van der Waals surface area contributed by atoms with Gasteiger partial charge in [0.05, 0.1) is 19.3 Å². The molecular formula is C14H23NO2S. The molecule has 0 aromatic carbocycles. The topological polar surface area (TPSA) is 30.5 Å².